The van der Waals surface area contributed by atoms with E-state index in [1.807, 2.05) is 40.7 Å². The molecular formula is C22H29N5O4. The van der Waals surface area contributed by atoms with Gasteiger partial charge in [-0.3, -0.25) is 0 Å². The maximum atomic E-state index is 12.8. The number of carbonyl (C=O) groups excluding carboxylic acids is 2. The molecule has 3 heterocycles. The highest BCUT2D eigenvalue weighted by Gasteiger charge is 2.29. The minimum absolute atomic E-state index is 0.0456. The highest BCUT2D eigenvalue weighted by atomic mass is 16.5. The third-order valence-electron chi connectivity index (χ3n) is 5.86. The molecule has 0 unspecified atom stereocenters. The molecule has 0 radical (unpaired) electrons. The second-order valence-corrected chi connectivity index (χ2v) is 7.90. The third-order valence-corrected chi connectivity index (χ3v) is 5.86. The van der Waals surface area contributed by atoms with E-state index in [-0.39, 0.29) is 18.3 Å². The summed E-state index contributed by atoms with van der Waals surface area (Å²) >= 11 is 0. The van der Waals surface area contributed by atoms with Crippen LogP contribution in [0, 0.1) is 13.8 Å². The Morgan fingerprint density at radius 3 is 2.13 bits per heavy atom. The van der Waals surface area contributed by atoms with Crippen LogP contribution in [0.3, 0.4) is 0 Å². The van der Waals surface area contributed by atoms with Crippen LogP contribution < -0.4 is 4.90 Å². The largest absolute Gasteiger partial charge is 0.461 e. The van der Waals surface area contributed by atoms with Crippen molar-refractivity contribution in [2.45, 2.75) is 20.8 Å². The van der Waals surface area contributed by atoms with Crippen LogP contribution in [-0.2, 0) is 9.47 Å². The normalized spacial score (nSPS) is 17.2. The molecule has 0 bridgehead atoms. The minimum Gasteiger partial charge on any atom is -0.461 e. The number of fused-ring (bicyclic) bond motifs is 1. The number of piperazine rings is 1. The lowest BCUT2D eigenvalue weighted by molar-refractivity contribution is 0.0428. The molecule has 0 N–H and O–H groups in total. The maximum absolute atomic E-state index is 12.8. The molecule has 0 saturated carbocycles. The number of carbonyl (C=O) groups is 2. The summed E-state index contributed by atoms with van der Waals surface area (Å²) in [6, 6.07) is 3.99. The molecular weight excluding hydrogens is 398 g/mol. The number of hydrogen-bond donors (Lipinski definition) is 0. The molecule has 0 aliphatic carbocycles. The summed E-state index contributed by atoms with van der Waals surface area (Å²) < 4.78 is 10.6. The number of ether oxygens (including phenoxy) is 2. The van der Waals surface area contributed by atoms with Crippen molar-refractivity contribution in [3.63, 3.8) is 0 Å². The predicted molar refractivity (Wildman–Crippen MR) is 117 cm³/mol. The first-order valence-electron chi connectivity index (χ1n) is 10.8. The van der Waals surface area contributed by atoms with Crippen LogP contribution in [0.4, 0.5) is 10.6 Å². The lowest BCUT2D eigenvalue weighted by atomic mass is 10.1. The predicted octanol–water partition coefficient (Wildman–Crippen LogP) is 2.00. The van der Waals surface area contributed by atoms with Gasteiger partial charge in [0.25, 0.3) is 0 Å². The number of benzene rings is 1. The summed E-state index contributed by atoms with van der Waals surface area (Å²) in [6.45, 7) is 10.8. The Morgan fingerprint density at radius 1 is 0.935 bits per heavy atom. The second kappa shape index (κ2) is 9.05. The molecule has 2 amide bonds. The van der Waals surface area contributed by atoms with Crippen molar-refractivity contribution in [3.8, 4) is 0 Å². The lowest BCUT2D eigenvalue weighted by Gasteiger charge is -2.39. The van der Waals surface area contributed by atoms with E-state index in [1.165, 1.54) is 0 Å². The van der Waals surface area contributed by atoms with Gasteiger partial charge in [0, 0.05) is 39.3 Å². The fourth-order valence-electron chi connectivity index (χ4n) is 3.92. The average molecular weight is 428 g/mol. The molecule has 2 fully saturated rings. The highest BCUT2D eigenvalue weighted by Crippen LogP contribution is 2.25. The topological polar surface area (TPSA) is 88.1 Å². The fourth-order valence-corrected chi connectivity index (χ4v) is 3.92. The van der Waals surface area contributed by atoms with Crippen molar-refractivity contribution in [1.82, 2.24) is 19.8 Å². The van der Waals surface area contributed by atoms with Crippen molar-refractivity contribution in [2.24, 2.45) is 0 Å². The molecule has 31 heavy (non-hydrogen) atoms. The van der Waals surface area contributed by atoms with Crippen molar-refractivity contribution in [2.75, 3.05) is 64.0 Å². The molecule has 1 aromatic carbocycles. The zero-order valence-electron chi connectivity index (χ0n) is 18.4. The Hall–Kier alpha value is -2.94. The Labute approximate surface area is 181 Å². The Bertz CT molecular complexity index is 982. The van der Waals surface area contributed by atoms with E-state index >= 15 is 0 Å². The van der Waals surface area contributed by atoms with Gasteiger partial charge in [-0.05, 0) is 44.0 Å². The van der Waals surface area contributed by atoms with Gasteiger partial charge in [0.2, 0.25) is 0 Å². The number of rotatable bonds is 3. The van der Waals surface area contributed by atoms with Gasteiger partial charge < -0.3 is 24.2 Å². The summed E-state index contributed by atoms with van der Waals surface area (Å²) in [5.74, 6) is 0.0459. The average Bonchev–Trinajstić information content (AvgIpc) is 2.79. The van der Waals surface area contributed by atoms with Crippen LogP contribution in [0.15, 0.2) is 12.1 Å². The molecule has 2 saturated heterocycles. The van der Waals surface area contributed by atoms with Gasteiger partial charge >= 0.3 is 12.0 Å². The number of morpholine rings is 1. The van der Waals surface area contributed by atoms with Crippen molar-refractivity contribution < 1.29 is 19.1 Å². The molecule has 1 aromatic heterocycles. The molecule has 2 aliphatic heterocycles. The molecule has 9 nitrogen and oxygen atoms in total. The number of aryl methyl sites for hydroxylation is 2. The summed E-state index contributed by atoms with van der Waals surface area (Å²) in [6.07, 6.45) is 0. The molecule has 2 aromatic rings. The first kappa shape index (κ1) is 21.3. The van der Waals surface area contributed by atoms with E-state index in [0.29, 0.717) is 63.8 Å². The number of esters is 1. The fraction of sp³-hybridized carbons (Fsp3) is 0.545. The maximum Gasteiger partial charge on any atom is 0.360 e. The van der Waals surface area contributed by atoms with Crippen LogP contribution in [0.1, 0.15) is 28.5 Å². The van der Waals surface area contributed by atoms with Gasteiger partial charge in [0.1, 0.15) is 0 Å². The van der Waals surface area contributed by atoms with Crippen LogP contribution in [0.5, 0.6) is 0 Å². The highest BCUT2D eigenvalue weighted by molar-refractivity contribution is 5.95. The number of anilines is 1. The number of urea groups is 1. The Balaban J connectivity index is 1.58. The molecule has 2 aliphatic rings. The minimum atomic E-state index is -0.475. The summed E-state index contributed by atoms with van der Waals surface area (Å²) in [5.41, 5.74) is 3.87. The summed E-state index contributed by atoms with van der Waals surface area (Å²) in [4.78, 5) is 40.6. The number of aromatic nitrogens is 2. The summed E-state index contributed by atoms with van der Waals surface area (Å²) in [7, 11) is 0. The van der Waals surface area contributed by atoms with Gasteiger partial charge in [0.15, 0.2) is 11.5 Å². The standard InChI is InChI=1S/C22H29N5O4/c1-4-31-21(28)19-20(24-18-14-16(3)15(2)13-17(18)23-19)25-5-7-26(8-6-25)22(29)27-9-11-30-12-10-27/h13-14H,4-12H2,1-3H3. The van der Waals surface area contributed by atoms with E-state index in [1.54, 1.807) is 6.92 Å². The number of amides is 2. The first-order chi connectivity index (χ1) is 15.0. The van der Waals surface area contributed by atoms with Gasteiger partial charge in [-0.1, -0.05) is 0 Å². The monoisotopic (exact) mass is 427 g/mol. The van der Waals surface area contributed by atoms with E-state index < -0.39 is 5.97 Å². The van der Waals surface area contributed by atoms with E-state index in [9.17, 15) is 9.59 Å². The number of hydrogen-bond acceptors (Lipinski definition) is 7. The first-order valence-corrected chi connectivity index (χ1v) is 10.8. The van der Waals surface area contributed by atoms with E-state index in [4.69, 9.17) is 14.5 Å². The van der Waals surface area contributed by atoms with Gasteiger partial charge in [0.05, 0.1) is 30.9 Å². The second-order valence-electron chi connectivity index (χ2n) is 7.90. The lowest BCUT2D eigenvalue weighted by Crippen LogP contribution is -2.55. The Morgan fingerprint density at radius 2 is 1.52 bits per heavy atom. The molecule has 166 valence electrons. The van der Waals surface area contributed by atoms with Crippen LogP contribution in [0.2, 0.25) is 0 Å². The smallest absolute Gasteiger partial charge is 0.360 e. The van der Waals surface area contributed by atoms with Crippen LogP contribution in [-0.4, -0.2) is 90.9 Å². The zero-order chi connectivity index (χ0) is 22.0. The van der Waals surface area contributed by atoms with Crippen molar-refractivity contribution in [1.29, 1.82) is 0 Å². The molecule has 0 atom stereocenters. The molecule has 0 spiro atoms. The van der Waals surface area contributed by atoms with Gasteiger partial charge in [-0.25, -0.2) is 19.6 Å². The quantitative estimate of drug-likeness (QED) is 0.692. The number of nitrogens with zero attached hydrogens (tertiary/aromatic N) is 5. The molecule has 4 rings (SSSR count). The van der Waals surface area contributed by atoms with Gasteiger partial charge in [-0.2, -0.15) is 0 Å². The van der Waals surface area contributed by atoms with E-state index in [2.05, 4.69) is 4.98 Å². The van der Waals surface area contributed by atoms with Gasteiger partial charge in [-0.15, -0.1) is 0 Å². The SMILES string of the molecule is CCOC(=O)c1nc2cc(C)c(C)cc2nc1N1CCN(C(=O)N2CCOCC2)CC1. The van der Waals surface area contributed by atoms with E-state index in [0.717, 1.165) is 16.6 Å². The Kier molecular flexibility index (Phi) is 6.22. The van der Waals surface area contributed by atoms with Crippen LogP contribution in [0.25, 0.3) is 11.0 Å². The van der Waals surface area contributed by atoms with Crippen molar-refractivity contribution in [3.05, 3.63) is 29.0 Å². The summed E-state index contributed by atoms with van der Waals surface area (Å²) in [5, 5.41) is 0. The van der Waals surface area contributed by atoms with Crippen molar-refractivity contribution >= 4 is 28.9 Å². The van der Waals surface area contributed by atoms with Crippen LogP contribution >= 0.6 is 0 Å². The third kappa shape index (κ3) is 4.41. The molecule has 9 heteroatoms. The zero-order valence-corrected chi connectivity index (χ0v) is 18.4.